The third kappa shape index (κ3) is 4.22. The zero-order chi connectivity index (χ0) is 29.1. The maximum absolute atomic E-state index is 13.6. The molecule has 13 nitrogen and oxygen atoms in total. The molecule has 0 bridgehead atoms. The summed E-state index contributed by atoms with van der Waals surface area (Å²) < 4.78 is 5.94. The van der Waals surface area contributed by atoms with Crippen molar-refractivity contribution in [3.05, 3.63) is 58.9 Å². The molecule has 13 heteroatoms. The highest BCUT2D eigenvalue weighted by molar-refractivity contribution is 5.98. The van der Waals surface area contributed by atoms with Gasteiger partial charge in [-0.3, -0.25) is 14.6 Å². The van der Waals surface area contributed by atoms with Crippen molar-refractivity contribution < 1.29 is 19.4 Å². The van der Waals surface area contributed by atoms with Crippen LogP contribution < -0.4 is 32.2 Å². The van der Waals surface area contributed by atoms with Gasteiger partial charge < -0.3 is 42.2 Å². The highest BCUT2D eigenvalue weighted by Crippen LogP contribution is 2.42. The Morgan fingerprint density at radius 1 is 1.20 bits per heavy atom. The van der Waals surface area contributed by atoms with Gasteiger partial charge in [-0.25, -0.2) is 9.98 Å². The zero-order valence-corrected chi connectivity index (χ0v) is 23.2. The number of amides is 2. The summed E-state index contributed by atoms with van der Waals surface area (Å²) >= 11 is 0. The summed E-state index contributed by atoms with van der Waals surface area (Å²) in [5, 5.41) is 20.7. The first kappa shape index (κ1) is 26.8. The summed E-state index contributed by atoms with van der Waals surface area (Å²) in [4.78, 5) is 41.4. The fraction of sp³-hybridized carbons (Fsp3) is 0.464. The number of aryl methyl sites for hydroxylation is 1. The van der Waals surface area contributed by atoms with Crippen LogP contribution >= 0.6 is 0 Å². The van der Waals surface area contributed by atoms with Gasteiger partial charge in [0.25, 0.3) is 11.8 Å². The average Bonchev–Trinajstić information content (AvgIpc) is 3.43. The Bertz CT molecular complexity index is 1470. The number of rotatable bonds is 5. The fourth-order valence-electron chi connectivity index (χ4n) is 6.40. The average molecular weight is 562 g/mol. The van der Waals surface area contributed by atoms with Crippen molar-refractivity contribution in [2.45, 2.75) is 62.5 Å². The first-order valence-electron chi connectivity index (χ1n) is 13.7. The molecule has 2 aromatic rings. The summed E-state index contributed by atoms with van der Waals surface area (Å²) in [5.74, 6) is 0.0952. The van der Waals surface area contributed by atoms with Crippen molar-refractivity contribution in [3.8, 4) is 5.75 Å². The number of nitrogens with two attached hydrogens (primary N) is 2. The first-order chi connectivity index (χ1) is 19.5. The molecule has 4 aliphatic heterocycles. The van der Waals surface area contributed by atoms with E-state index in [0.717, 1.165) is 17.5 Å². The van der Waals surface area contributed by atoms with E-state index in [1.54, 1.807) is 36.2 Å². The molecule has 1 fully saturated rings. The molecule has 0 saturated carbocycles. The summed E-state index contributed by atoms with van der Waals surface area (Å²) in [5.41, 5.74) is 13.6. The SMILES string of the molecule is Cc1cccnc1C(=O)NC[C@@H]1N=C(N)N2C[C@@H](NC(=O)c3cccc4c3OCCC4(C)C)[C@@H](O)C23NC(N)=NC13. The van der Waals surface area contributed by atoms with E-state index in [1.807, 2.05) is 12.1 Å². The topological polar surface area (TPSA) is 193 Å². The quantitative estimate of drug-likeness (QED) is 0.275. The Kier molecular flexibility index (Phi) is 6.29. The normalized spacial score (nSPS) is 29.1. The van der Waals surface area contributed by atoms with Crippen LogP contribution in [0.25, 0.3) is 0 Å². The van der Waals surface area contributed by atoms with Crippen molar-refractivity contribution in [2.75, 3.05) is 19.7 Å². The number of nitrogens with zero attached hydrogens (tertiary/aromatic N) is 4. The minimum Gasteiger partial charge on any atom is -0.492 e. The zero-order valence-electron chi connectivity index (χ0n) is 23.2. The molecule has 4 aliphatic rings. The van der Waals surface area contributed by atoms with Crippen LogP contribution in [0.4, 0.5) is 0 Å². The molecule has 1 saturated heterocycles. The summed E-state index contributed by atoms with van der Waals surface area (Å²) in [6, 6.07) is 7.05. The Balaban J connectivity index is 1.23. The van der Waals surface area contributed by atoms with Crippen molar-refractivity contribution in [3.63, 3.8) is 0 Å². The number of pyridine rings is 1. The van der Waals surface area contributed by atoms with Crippen LogP contribution in [0.1, 0.15) is 52.2 Å². The van der Waals surface area contributed by atoms with Gasteiger partial charge in [0, 0.05) is 24.8 Å². The number of para-hydroxylation sites is 1. The number of aliphatic hydroxyl groups is 1. The Morgan fingerprint density at radius 2 is 2.00 bits per heavy atom. The van der Waals surface area contributed by atoms with E-state index >= 15 is 0 Å². The number of hydrogen-bond acceptors (Lipinski definition) is 11. The fourth-order valence-corrected chi connectivity index (χ4v) is 6.40. The third-order valence-corrected chi connectivity index (χ3v) is 8.63. The lowest BCUT2D eigenvalue weighted by atomic mass is 9.79. The van der Waals surface area contributed by atoms with E-state index in [0.29, 0.717) is 23.6 Å². The maximum Gasteiger partial charge on any atom is 0.270 e. The molecule has 6 rings (SSSR count). The molecule has 1 aromatic carbocycles. The van der Waals surface area contributed by atoms with Gasteiger partial charge >= 0.3 is 0 Å². The number of guanidine groups is 2. The second-order valence-corrected chi connectivity index (χ2v) is 11.6. The maximum atomic E-state index is 13.6. The molecule has 41 heavy (non-hydrogen) atoms. The van der Waals surface area contributed by atoms with Gasteiger partial charge in [-0.2, -0.15) is 0 Å². The van der Waals surface area contributed by atoms with E-state index in [4.69, 9.17) is 16.2 Å². The van der Waals surface area contributed by atoms with Crippen molar-refractivity contribution in [1.82, 2.24) is 25.8 Å². The van der Waals surface area contributed by atoms with Gasteiger partial charge in [0.1, 0.15) is 23.6 Å². The molecule has 5 atom stereocenters. The van der Waals surface area contributed by atoms with Gasteiger partial charge in [0.15, 0.2) is 17.6 Å². The van der Waals surface area contributed by atoms with Crippen LogP contribution in [0.2, 0.25) is 0 Å². The van der Waals surface area contributed by atoms with E-state index < -0.39 is 29.9 Å². The van der Waals surface area contributed by atoms with Gasteiger partial charge in [-0.05, 0) is 36.5 Å². The number of benzene rings is 1. The number of hydrogen-bond donors (Lipinski definition) is 6. The predicted octanol–water partition coefficient (Wildman–Crippen LogP) is -0.665. The number of nitrogens with one attached hydrogen (secondary N) is 3. The van der Waals surface area contributed by atoms with Gasteiger partial charge in [0.2, 0.25) is 0 Å². The number of aromatic nitrogens is 1. The first-order valence-corrected chi connectivity index (χ1v) is 13.7. The van der Waals surface area contributed by atoms with Crippen LogP contribution in [-0.2, 0) is 5.41 Å². The molecule has 2 unspecified atom stereocenters. The van der Waals surface area contributed by atoms with Crippen LogP contribution in [-0.4, -0.2) is 88.3 Å². The lowest BCUT2D eigenvalue weighted by molar-refractivity contribution is 0.0143. The summed E-state index contributed by atoms with van der Waals surface area (Å²) in [7, 11) is 0. The lowest BCUT2D eigenvalue weighted by Gasteiger charge is -2.46. The Morgan fingerprint density at radius 3 is 2.78 bits per heavy atom. The largest absolute Gasteiger partial charge is 0.492 e. The molecular formula is C28H35N9O4. The van der Waals surface area contributed by atoms with Crippen molar-refractivity contribution in [1.29, 1.82) is 0 Å². The smallest absolute Gasteiger partial charge is 0.270 e. The lowest BCUT2D eigenvalue weighted by Crippen LogP contribution is -2.73. The summed E-state index contributed by atoms with van der Waals surface area (Å²) in [6.07, 6.45) is 1.24. The number of carbonyl (C=O) groups is 2. The van der Waals surface area contributed by atoms with Gasteiger partial charge in [-0.15, -0.1) is 0 Å². The van der Waals surface area contributed by atoms with Crippen LogP contribution in [0, 0.1) is 6.92 Å². The van der Waals surface area contributed by atoms with E-state index in [2.05, 4.69) is 44.8 Å². The molecule has 8 N–H and O–H groups in total. The third-order valence-electron chi connectivity index (χ3n) is 8.63. The number of aliphatic imine (C=N–C) groups is 2. The van der Waals surface area contributed by atoms with Crippen molar-refractivity contribution >= 4 is 23.7 Å². The molecule has 216 valence electrons. The van der Waals surface area contributed by atoms with Gasteiger partial charge in [0.05, 0.1) is 24.3 Å². The minimum absolute atomic E-state index is 0.0846. The second kappa shape index (κ2) is 9.61. The monoisotopic (exact) mass is 561 g/mol. The molecule has 2 amide bonds. The van der Waals surface area contributed by atoms with Crippen LogP contribution in [0.5, 0.6) is 5.75 Å². The second-order valence-electron chi connectivity index (χ2n) is 11.6. The predicted molar refractivity (Wildman–Crippen MR) is 152 cm³/mol. The number of aliphatic hydroxyl groups excluding tert-OH is 1. The van der Waals surface area contributed by atoms with E-state index in [-0.39, 0.29) is 42.2 Å². The van der Waals surface area contributed by atoms with Gasteiger partial charge in [-0.1, -0.05) is 32.0 Å². The summed E-state index contributed by atoms with van der Waals surface area (Å²) in [6.45, 7) is 6.83. The molecule has 5 heterocycles. The Hall–Kier alpha value is -4.39. The highest BCUT2D eigenvalue weighted by atomic mass is 16.5. The number of carbonyl (C=O) groups excluding carboxylic acids is 2. The van der Waals surface area contributed by atoms with Crippen LogP contribution in [0.15, 0.2) is 46.5 Å². The molecule has 0 aliphatic carbocycles. The number of ether oxygens (including phenoxy) is 1. The standard InChI is InChI=1S/C28H35N9O4/c1-14-6-5-10-31-19(14)24(40)32-12-17-21-28(36-25(29)35-21)22(38)18(13-37(28)26(30)34-17)33-23(39)15-7-4-8-16-20(15)41-11-9-27(16,2)3/h4-8,10,17-18,21-22,38H,9,11-13H2,1-3H3,(H2,30,34)(H,32,40)(H,33,39)(H3,29,35,36)/t17-,18+,21?,22+,28?/m0/s1. The molecule has 1 aromatic heterocycles. The molecular weight excluding hydrogens is 526 g/mol. The van der Waals surface area contributed by atoms with Crippen LogP contribution in [0.3, 0.4) is 0 Å². The van der Waals surface area contributed by atoms with E-state index in [9.17, 15) is 14.7 Å². The van der Waals surface area contributed by atoms with E-state index in [1.165, 1.54) is 0 Å². The molecule has 1 spiro atoms. The minimum atomic E-state index is -1.25. The highest BCUT2D eigenvalue weighted by Gasteiger charge is 2.65. The Labute approximate surface area is 237 Å². The number of fused-ring (bicyclic) bond motifs is 1. The molecule has 0 radical (unpaired) electrons. The van der Waals surface area contributed by atoms with Crippen molar-refractivity contribution in [2.24, 2.45) is 21.5 Å².